The number of methoxy groups -OCH3 is 2. The van der Waals surface area contributed by atoms with Crippen LogP contribution >= 0.6 is 0 Å². The molecule has 0 aliphatic carbocycles. The van der Waals surface area contributed by atoms with Gasteiger partial charge in [0.25, 0.3) is 0 Å². The molecule has 10 heteroatoms. The van der Waals surface area contributed by atoms with Crippen LogP contribution in [0.15, 0.2) is 11.1 Å². The van der Waals surface area contributed by atoms with Crippen LogP contribution in [0.2, 0.25) is 0 Å². The van der Waals surface area contributed by atoms with Gasteiger partial charge in [-0.1, -0.05) is 0 Å². The van der Waals surface area contributed by atoms with Gasteiger partial charge in [-0.2, -0.15) is 26.3 Å². The number of ether oxygens (including phenoxy) is 2. The predicted molar refractivity (Wildman–Crippen MR) is 43.2 cm³/mol. The van der Waals surface area contributed by atoms with E-state index in [0.29, 0.717) is 14.2 Å². The first-order valence-electron chi connectivity index (χ1n) is 4.02. The van der Waals surface area contributed by atoms with E-state index < -0.39 is 35.4 Å². The number of alkyl halides is 6. The third-order valence-electron chi connectivity index (χ3n) is 1.60. The summed E-state index contributed by atoms with van der Waals surface area (Å²) in [6.45, 7) is 0. The molecule has 0 aromatic rings. The van der Waals surface area contributed by atoms with Gasteiger partial charge in [-0.15, -0.1) is 0 Å². The van der Waals surface area contributed by atoms with Crippen molar-refractivity contribution in [2.75, 3.05) is 14.2 Å². The molecule has 0 amide bonds. The van der Waals surface area contributed by atoms with Gasteiger partial charge in [-0.3, -0.25) is 0 Å². The first-order chi connectivity index (χ1) is 7.96. The minimum absolute atomic E-state index is 0.444. The number of esters is 2. The first-order valence-corrected chi connectivity index (χ1v) is 4.02. The Morgan fingerprint density at radius 1 is 0.722 bits per heavy atom. The standard InChI is InChI=1S/C8H6F6O4/c1-17-5(15)3(7(9,10)11)4(6(16)18-2)8(12,13)14/h1-2H3/b4-3+. The van der Waals surface area contributed by atoms with Crippen molar-refractivity contribution in [1.82, 2.24) is 0 Å². The van der Waals surface area contributed by atoms with E-state index in [1.165, 1.54) is 0 Å². The summed E-state index contributed by atoms with van der Waals surface area (Å²) < 4.78 is 81.4. The van der Waals surface area contributed by atoms with Crippen molar-refractivity contribution in [2.45, 2.75) is 12.4 Å². The summed E-state index contributed by atoms with van der Waals surface area (Å²) in [7, 11) is 0.888. The Morgan fingerprint density at radius 2 is 0.944 bits per heavy atom. The van der Waals surface area contributed by atoms with Crippen LogP contribution in [0.25, 0.3) is 0 Å². The van der Waals surface area contributed by atoms with Gasteiger partial charge in [-0.25, -0.2) is 9.59 Å². The van der Waals surface area contributed by atoms with E-state index in [4.69, 9.17) is 0 Å². The van der Waals surface area contributed by atoms with Gasteiger partial charge in [0.2, 0.25) is 0 Å². The molecule has 0 aliphatic rings. The van der Waals surface area contributed by atoms with Gasteiger partial charge in [0.05, 0.1) is 14.2 Å². The van der Waals surface area contributed by atoms with Crippen molar-refractivity contribution in [3.63, 3.8) is 0 Å². The SMILES string of the molecule is COC(=O)/C(=C(/C(=O)OC)C(F)(F)F)C(F)(F)F. The molecule has 18 heavy (non-hydrogen) atoms. The molecule has 0 unspecified atom stereocenters. The Balaban J connectivity index is 6.21. The largest absolute Gasteiger partial charge is 0.465 e. The Kier molecular flexibility index (Phi) is 4.76. The molecule has 0 heterocycles. The number of halogens is 6. The summed E-state index contributed by atoms with van der Waals surface area (Å²) in [5.41, 5.74) is -5.52. The minimum atomic E-state index is -5.72. The third-order valence-corrected chi connectivity index (χ3v) is 1.60. The van der Waals surface area contributed by atoms with E-state index in [1.54, 1.807) is 0 Å². The highest BCUT2D eigenvalue weighted by Crippen LogP contribution is 2.37. The van der Waals surface area contributed by atoms with E-state index in [1.807, 2.05) is 0 Å². The molecule has 0 aromatic carbocycles. The average Bonchev–Trinajstić information content (AvgIpc) is 2.20. The Hall–Kier alpha value is -1.74. The first kappa shape index (κ1) is 16.3. The molecule has 0 aromatic heterocycles. The Morgan fingerprint density at radius 3 is 1.06 bits per heavy atom. The molecule has 104 valence electrons. The highest BCUT2D eigenvalue weighted by atomic mass is 19.4. The molecule has 0 N–H and O–H groups in total. The predicted octanol–water partition coefficient (Wildman–Crippen LogP) is 1.75. The fraction of sp³-hybridized carbons (Fsp3) is 0.500. The minimum Gasteiger partial charge on any atom is -0.465 e. The topological polar surface area (TPSA) is 52.6 Å². The summed E-state index contributed by atoms with van der Waals surface area (Å²) in [6.07, 6.45) is -11.4. The van der Waals surface area contributed by atoms with Gasteiger partial charge in [-0.05, 0) is 0 Å². The average molecular weight is 280 g/mol. The van der Waals surface area contributed by atoms with Crippen molar-refractivity contribution in [3.05, 3.63) is 11.1 Å². The van der Waals surface area contributed by atoms with Crippen LogP contribution in [0.5, 0.6) is 0 Å². The summed E-state index contributed by atoms with van der Waals surface area (Å²) in [6, 6.07) is 0. The van der Waals surface area contributed by atoms with Crippen LogP contribution in [0.4, 0.5) is 26.3 Å². The van der Waals surface area contributed by atoms with Gasteiger partial charge in [0.1, 0.15) is 0 Å². The number of hydrogen-bond acceptors (Lipinski definition) is 4. The summed E-state index contributed by atoms with van der Waals surface area (Å²) >= 11 is 0. The molecular formula is C8H6F6O4. The number of hydrogen-bond donors (Lipinski definition) is 0. The molecule has 4 nitrogen and oxygen atoms in total. The van der Waals surface area contributed by atoms with Gasteiger partial charge in [0.15, 0.2) is 11.1 Å². The summed E-state index contributed by atoms with van der Waals surface area (Å²) in [5.74, 6) is -4.67. The van der Waals surface area contributed by atoms with Crippen molar-refractivity contribution in [1.29, 1.82) is 0 Å². The van der Waals surface area contributed by atoms with E-state index in [-0.39, 0.29) is 0 Å². The van der Waals surface area contributed by atoms with E-state index in [2.05, 4.69) is 9.47 Å². The van der Waals surface area contributed by atoms with E-state index in [0.717, 1.165) is 0 Å². The van der Waals surface area contributed by atoms with Crippen molar-refractivity contribution < 1.29 is 45.4 Å². The molecule has 0 saturated carbocycles. The van der Waals surface area contributed by atoms with Crippen LogP contribution < -0.4 is 0 Å². The lowest BCUT2D eigenvalue weighted by atomic mass is 10.1. The fourth-order valence-electron chi connectivity index (χ4n) is 0.923. The second-order valence-corrected chi connectivity index (χ2v) is 2.73. The molecule has 0 spiro atoms. The van der Waals surface area contributed by atoms with Crippen LogP contribution in [0.3, 0.4) is 0 Å². The molecule has 0 rings (SSSR count). The van der Waals surface area contributed by atoms with Crippen molar-refractivity contribution in [2.24, 2.45) is 0 Å². The van der Waals surface area contributed by atoms with Crippen LogP contribution in [0, 0.1) is 0 Å². The normalized spacial score (nSPS) is 13.8. The zero-order valence-corrected chi connectivity index (χ0v) is 8.90. The van der Waals surface area contributed by atoms with Crippen LogP contribution in [-0.2, 0) is 19.1 Å². The lowest BCUT2D eigenvalue weighted by Gasteiger charge is -2.16. The van der Waals surface area contributed by atoms with Gasteiger partial charge in [0, 0.05) is 0 Å². The second kappa shape index (κ2) is 5.27. The smallest absolute Gasteiger partial charge is 0.424 e. The number of rotatable bonds is 2. The molecule has 0 saturated heterocycles. The molecule has 0 fully saturated rings. The fourth-order valence-corrected chi connectivity index (χ4v) is 0.923. The quantitative estimate of drug-likeness (QED) is 0.439. The maximum absolute atomic E-state index is 12.4. The molecule has 0 bridgehead atoms. The number of carbonyl (C=O) groups excluding carboxylic acids is 2. The second-order valence-electron chi connectivity index (χ2n) is 2.73. The molecule has 0 atom stereocenters. The van der Waals surface area contributed by atoms with Gasteiger partial charge < -0.3 is 9.47 Å². The maximum Gasteiger partial charge on any atom is 0.424 e. The summed E-state index contributed by atoms with van der Waals surface area (Å²) in [5, 5.41) is 0. The number of carbonyl (C=O) groups is 2. The summed E-state index contributed by atoms with van der Waals surface area (Å²) in [4.78, 5) is 21.5. The highest BCUT2D eigenvalue weighted by molar-refractivity contribution is 6.02. The lowest BCUT2D eigenvalue weighted by Crippen LogP contribution is -2.32. The monoisotopic (exact) mass is 280 g/mol. The van der Waals surface area contributed by atoms with Crippen molar-refractivity contribution in [3.8, 4) is 0 Å². The third kappa shape index (κ3) is 3.64. The zero-order chi connectivity index (χ0) is 14.7. The van der Waals surface area contributed by atoms with Crippen LogP contribution in [0.1, 0.15) is 0 Å². The van der Waals surface area contributed by atoms with E-state index in [9.17, 15) is 35.9 Å². The van der Waals surface area contributed by atoms with Crippen LogP contribution in [-0.4, -0.2) is 38.5 Å². The van der Waals surface area contributed by atoms with Gasteiger partial charge >= 0.3 is 24.3 Å². The lowest BCUT2D eigenvalue weighted by molar-refractivity contribution is -0.160. The van der Waals surface area contributed by atoms with Crippen molar-refractivity contribution >= 4 is 11.9 Å². The maximum atomic E-state index is 12.4. The molecule has 0 aliphatic heterocycles. The van der Waals surface area contributed by atoms with E-state index >= 15 is 0 Å². The Labute approximate surface area is 96.1 Å². The zero-order valence-electron chi connectivity index (χ0n) is 8.90. The Bertz CT molecular complexity index is 342. The highest BCUT2D eigenvalue weighted by Gasteiger charge is 2.53. The molecular weight excluding hydrogens is 274 g/mol. The molecule has 0 radical (unpaired) electrons.